The minimum atomic E-state index is -0.484. The van der Waals surface area contributed by atoms with Crippen LogP contribution in [0.2, 0.25) is 0 Å². The standard InChI is InChI=1S/C71H50N2/c1-4-20-49(21-5-1)50-38-41-56(42-39-50)72(68-37-19-23-51-22-10-11-32-61(51)68)57-29-18-24-52(46-57)59-30-12-13-31-60(59)53-40-44-65-64-34-15-17-36-69(64)73(70(65)47-53)58-43-45-63-62-33-14-16-35-66(62)71(67(63)48-58,54-25-6-2-7-26-54)55-27-8-3-9-28-55/h1-35,37-48,69H,36H2. The molecule has 2 heteroatoms. The summed E-state index contributed by atoms with van der Waals surface area (Å²) in [6.45, 7) is 0. The van der Waals surface area contributed by atoms with Gasteiger partial charge in [-0.05, 0) is 133 Å². The SMILES string of the molecule is C1=CCC2C(=C1)c1ccc(-c3ccccc3-c3cccc(N(c4ccc(-c5ccccc5)cc4)c4cccc5ccccc45)c3)cc1N2c1ccc2c(c1)C(c1ccccc1)(c1ccccc1)c1ccccc1-2. The quantitative estimate of drug-likeness (QED) is 0.142. The first-order chi connectivity index (χ1) is 36.2. The van der Waals surface area contributed by atoms with Gasteiger partial charge in [-0.2, -0.15) is 0 Å². The Morgan fingerprint density at radius 3 is 1.74 bits per heavy atom. The molecule has 0 saturated heterocycles. The maximum atomic E-state index is 2.63. The van der Waals surface area contributed by atoms with Gasteiger partial charge in [0, 0.05) is 33.7 Å². The van der Waals surface area contributed by atoms with Crippen molar-refractivity contribution in [2.75, 3.05) is 9.80 Å². The predicted molar refractivity (Wildman–Crippen MR) is 306 cm³/mol. The summed E-state index contributed by atoms with van der Waals surface area (Å²) in [7, 11) is 0. The van der Waals surface area contributed by atoms with Crippen LogP contribution >= 0.6 is 0 Å². The lowest BCUT2D eigenvalue weighted by atomic mass is 9.67. The molecule has 344 valence electrons. The third-order valence-corrected chi connectivity index (χ3v) is 15.6. The Hall–Kier alpha value is -9.24. The second-order valence-electron chi connectivity index (χ2n) is 19.5. The van der Waals surface area contributed by atoms with Gasteiger partial charge in [0.05, 0.1) is 17.1 Å². The van der Waals surface area contributed by atoms with Crippen molar-refractivity contribution in [2.45, 2.75) is 17.9 Å². The van der Waals surface area contributed by atoms with Crippen molar-refractivity contribution in [3.05, 3.63) is 313 Å². The Bertz CT molecular complexity index is 3900. The van der Waals surface area contributed by atoms with E-state index in [4.69, 9.17) is 0 Å². The molecule has 11 aromatic carbocycles. The van der Waals surface area contributed by atoms with E-state index >= 15 is 0 Å². The number of anilines is 5. The highest BCUT2D eigenvalue weighted by Gasteiger charge is 2.47. The summed E-state index contributed by atoms with van der Waals surface area (Å²) in [4.78, 5) is 5.05. The van der Waals surface area contributed by atoms with Crippen LogP contribution in [-0.2, 0) is 5.41 Å². The summed E-state index contributed by atoms with van der Waals surface area (Å²) in [6, 6.07) is 98.9. The lowest BCUT2D eigenvalue weighted by Gasteiger charge is -2.35. The number of rotatable bonds is 9. The molecule has 1 atom stereocenters. The van der Waals surface area contributed by atoms with Crippen LogP contribution in [0.3, 0.4) is 0 Å². The molecule has 0 saturated carbocycles. The van der Waals surface area contributed by atoms with Gasteiger partial charge < -0.3 is 9.80 Å². The largest absolute Gasteiger partial charge is 0.333 e. The van der Waals surface area contributed by atoms with Crippen molar-refractivity contribution in [3.63, 3.8) is 0 Å². The van der Waals surface area contributed by atoms with Crippen LogP contribution in [-0.4, -0.2) is 6.04 Å². The lowest BCUT2D eigenvalue weighted by Crippen LogP contribution is -2.30. The Balaban J connectivity index is 0.895. The summed E-state index contributed by atoms with van der Waals surface area (Å²) < 4.78 is 0. The maximum absolute atomic E-state index is 2.63. The molecule has 2 aliphatic carbocycles. The Labute approximate surface area is 427 Å². The highest BCUT2D eigenvalue weighted by Crippen LogP contribution is 2.58. The van der Waals surface area contributed by atoms with Gasteiger partial charge in [-0.15, -0.1) is 0 Å². The van der Waals surface area contributed by atoms with Gasteiger partial charge in [0.15, 0.2) is 0 Å². The van der Waals surface area contributed by atoms with Gasteiger partial charge in [-0.1, -0.05) is 237 Å². The van der Waals surface area contributed by atoms with E-state index in [-0.39, 0.29) is 6.04 Å². The van der Waals surface area contributed by atoms with E-state index < -0.39 is 5.41 Å². The van der Waals surface area contributed by atoms with Gasteiger partial charge >= 0.3 is 0 Å². The molecule has 0 aromatic heterocycles. The summed E-state index contributed by atoms with van der Waals surface area (Å²) in [6.07, 6.45) is 7.84. The first-order valence-corrected chi connectivity index (χ1v) is 25.5. The normalized spacial score (nSPS) is 14.8. The molecule has 0 amide bonds. The van der Waals surface area contributed by atoms with E-state index in [1.54, 1.807) is 0 Å². The zero-order valence-corrected chi connectivity index (χ0v) is 40.3. The first-order valence-electron chi connectivity index (χ1n) is 25.5. The monoisotopic (exact) mass is 930 g/mol. The number of allylic oxidation sites excluding steroid dienone is 2. The molecule has 73 heavy (non-hydrogen) atoms. The van der Waals surface area contributed by atoms with Crippen molar-refractivity contribution >= 4 is 44.8 Å². The first kappa shape index (κ1) is 42.6. The third kappa shape index (κ3) is 6.94. The number of fused-ring (bicyclic) bond motifs is 7. The average molecular weight is 931 g/mol. The fraction of sp³-hybridized carbons (Fsp3) is 0.0423. The summed E-state index contributed by atoms with van der Waals surface area (Å²) >= 11 is 0. The van der Waals surface area contributed by atoms with Gasteiger partial charge in [-0.25, -0.2) is 0 Å². The number of nitrogens with zero attached hydrogens (tertiary/aromatic N) is 2. The fourth-order valence-electron chi connectivity index (χ4n) is 12.4. The molecule has 0 N–H and O–H groups in total. The molecule has 1 heterocycles. The summed E-state index contributed by atoms with van der Waals surface area (Å²) in [5.41, 5.74) is 22.9. The van der Waals surface area contributed by atoms with Crippen LogP contribution in [0.1, 0.15) is 34.2 Å². The van der Waals surface area contributed by atoms with Crippen molar-refractivity contribution < 1.29 is 0 Å². The zero-order chi connectivity index (χ0) is 48.3. The second kappa shape index (κ2) is 17.6. The Kier molecular flexibility index (Phi) is 10.3. The van der Waals surface area contributed by atoms with Crippen molar-refractivity contribution in [1.82, 2.24) is 0 Å². The summed E-state index contributed by atoms with van der Waals surface area (Å²) in [5, 5.41) is 2.41. The predicted octanol–water partition coefficient (Wildman–Crippen LogP) is 18.5. The molecule has 11 aromatic rings. The van der Waals surface area contributed by atoms with Crippen LogP contribution in [0.4, 0.5) is 28.4 Å². The van der Waals surface area contributed by atoms with Crippen molar-refractivity contribution in [2.24, 2.45) is 0 Å². The van der Waals surface area contributed by atoms with Gasteiger partial charge in [-0.3, -0.25) is 0 Å². The highest BCUT2D eigenvalue weighted by molar-refractivity contribution is 6.01. The van der Waals surface area contributed by atoms with Crippen LogP contribution in [0.5, 0.6) is 0 Å². The molecule has 0 fully saturated rings. The van der Waals surface area contributed by atoms with Crippen molar-refractivity contribution in [1.29, 1.82) is 0 Å². The van der Waals surface area contributed by atoms with Gasteiger partial charge in [0.25, 0.3) is 0 Å². The van der Waals surface area contributed by atoms with Crippen LogP contribution in [0, 0.1) is 0 Å². The lowest BCUT2D eigenvalue weighted by molar-refractivity contribution is 0.765. The van der Waals surface area contributed by atoms with Crippen LogP contribution < -0.4 is 9.80 Å². The van der Waals surface area contributed by atoms with E-state index in [1.807, 2.05) is 0 Å². The summed E-state index contributed by atoms with van der Waals surface area (Å²) in [5.74, 6) is 0. The van der Waals surface area contributed by atoms with Crippen LogP contribution in [0.15, 0.2) is 285 Å². The average Bonchev–Trinajstić information content (AvgIpc) is 4.02. The maximum Gasteiger partial charge on any atom is 0.0714 e. The van der Waals surface area contributed by atoms with E-state index in [1.165, 1.54) is 94.5 Å². The molecular weight excluding hydrogens is 881 g/mol. The smallest absolute Gasteiger partial charge is 0.0714 e. The number of benzene rings is 11. The number of hydrogen-bond acceptors (Lipinski definition) is 2. The zero-order valence-electron chi connectivity index (χ0n) is 40.3. The molecule has 1 unspecified atom stereocenters. The molecule has 0 spiro atoms. The fourth-order valence-corrected chi connectivity index (χ4v) is 12.4. The van der Waals surface area contributed by atoms with Crippen LogP contribution in [0.25, 0.3) is 60.9 Å². The molecule has 14 rings (SSSR count). The topological polar surface area (TPSA) is 6.48 Å². The van der Waals surface area contributed by atoms with E-state index in [2.05, 4.69) is 295 Å². The molecule has 2 nitrogen and oxygen atoms in total. The van der Waals surface area contributed by atoms with Crippen molar-refractivity contribution in [3.8, 4) is 44.5 Å². The minimum Gasteiger partial charge on any atom is -0.333 e. The molecular formula is C71H50N2. The Morgan fingerprint density at radius 1 is 0.397 bits per heavy atom. The second-order valence-corrected chi connectivity index (χ2v) is 19.5. The number of hydrogen-bond donors (Lipinski definition) is 0. The van der Waals surface area contributed by atoms with E-state index in [9.17, 15) is 0 Å². The Morgan fingerprint density at radius 2 is 0.973 bits per heavy atom. The molecule has 3 aliphatic rings. The minimum absolute atomic E-state index is 0.175. The van der Waals surface area contributed by atoms with Gasteiger partial charge in [0.2, 0.25) is 0 Å². The molecule has 1 aliphatic heterocycles. The van der Waals surface area contributed by atoms with Gasteiger partial charge in [0.1, 0.15) is 0 Å². The molecule has 0 radical (unpaired) electrons. The van der Waals surface area contributed by atoms with E-state index in [0.29, 0.717) is 0 Å². The van der Waals surface area contributed by atoms with E-state index in [0.717, 1.165) is 29.0 Å². The molecule has 0 bridgehead atoms. The highest BCUT2D eigenvalue weighted by atomic mass is 15.2. The third-order valence-electron chi connectivity index (χ3n) is 15.6.